The van der Waals surface area contributed by atoms with Crippen molar-refractivity contribution in [3.8, 4) is 0 Å². The van der Waals surface area contributed by atoms with Crippen molar-refractivity contribution >= 4 is 28.7 Å². The Labute approximate surface area is 104 Å². The first-order valence-electron chi connectivity index (χ1n) is 5.40. The summed E-state index contributed by atoms with van der Waals surface area (Å²) in [7, 11) is 0. The minimum Gasteiger partial charge on any atom is -0.330 e. The molecule has 3 nitrogen and oxygen atoms in total. The molecule has 0 spiro atoms. The average molecular weight is 259 g/mol. The normalized spacial score (nSPS) is 21.5. The van der Waals surface area contributed by atoms with E-state index in [1.54, 1.807) is 12.1 Å². The molecule has 88 valence electrons. The minimum absolute atomic E-state index is 0.162. The largest absolute Gasteiger partial charge is 0.330 e. The second kappa shape index (κ2) is 5.27. The predicted molar refractivity (Wildman–Crippen MR) is 67.3 cm³/mol. The molecule has 16 heavy (non-hydrogen) atoms. The van der Waals surface area contributed by atoms with E-state index in [1.165, 1.54) is 11.3 Å². The molecule has 1 atom stereocenters. The Hall–Kier alpha value is -0.420. The monoisotopic (exact) mass is 258 g/mol. The fraction of sp³-hybridized carbons (Fsp3) is 0.545. The Morgan fingerprint density at radius 3 is 3.00 bits per heavy atom. The first-order valence-corrected chi connectivity index (χ1v) is 6.59. The maximum absolute atomic E-state index is 11.9. The lowest BCUT2D eigenvalue weighted by molar-refractivity contribution is 0.0947. The number of carbonyl (C=O) groups excluding carboxylic acids is 1. The molecule has 0 aromatic carbocycles. The van der Waals surface area contributed by atoms with E-state index in [-0.39, 0.29) is 5.78 Å². The van der Waals surface area contributed by atoms with Gasteiger partial charge < -0.3 is 5.73 Å². The summed E-state index contributed by atoms with van der Waals surface area (Å²) >= 11 is 7.15. The summed E-state index contributed by atoms with van der Waals surface area (Å²) < 4.78 is 0.671. The van der Waals surface area contributed by atoms with Gasteiger partial charge in [0.15, 0.2) is 5.78 Å². The van der Waals surface area contributed by atoms with Crippen molar-refractivity contribution in [2.24, 2.45) is 11.7 Å². The van der Waals surface area contributed by atoms with Gasteiger partial charge in [0.05, 0.1) is 15.8 Å². The molecule has 1 aromatic rings. The molecule has 1 aromatic heterocycles. The van der Waals surface area contributed by atoms with Crippen LogP contribution in [0.3, 0.4) is 0 Å². The zero-order valence-corrected chi connectivity index (χ0v) is 10.6. The Kier molecular flexibility index (Phi) is 3.97. The van der Waals surface area contributed by atoms with E-state index in [0.29, 0.717) is 16.8 Å². The molecule has 1 aliphatic heterocycles. The van der Waals surface area contributed by atoms with Gasteiger partial charge in [-0.05, 0) is 37.6 Å². The van der Waals surface area contributed by atoms with Gasteiger partial charge in [0.25, 0.3) is 0 Å². The highest BCUT2D eigenvalue weighted by molar-refractivity contribution is 7.18. The quantitative estimate of drug-likeness (QED) is 0.839. The molecule has 1 unspecified atom stereocenters. The van der Waals surface area contributed by atoms with Crippen LogP contribution in [-0.2, 0) is 0 Å². The first kappa shape index (κ1) is 12.0. The number of hydrogen-bond acceptors (Lipinski definition) is 4. The molecule has 2 N–H and O–H groups in total. The number of carbonyl (C=O) groups is 1. The molecule has 0 radical (unpaired) electrons. The maximum Gasteiger partial charge on any atom is 0.186 e. The van der Waals surface area contributed by atoms with E-state index >= 15 is 0 Å². The second-order valence-corrected chi connectivity index (χ2v) is 5.87. The van der Waals surface area contributed by atoms with Gasteiger partial charge in [-0.1, -0.05) is 11.6 Å². The number of nitrogens with zero attached hydrogens (tertiary/aromatic N) is 1. The van der Waals surface area contributed by atoms with Crippen molar-refractivity contribution in [3.63, 3.8) is 0 Å². The van der Waals surface area contributed by atoms with E-state index in [1.807, 2.05) is 0 Å². The molecule has 0 aliphatic carbocycles. The van der Waals surface area contributed by atoms with Crippen molar-refractivity contribution in [1.82, 2.24) is 4.90 Å². The molecule has 5 heteroatoms. The van der Waals surface area contributed by atoms with Gasteiger partial charge in [-0.3, -0.25) is 9.69 Å². The van der Waals surface area contributed by atoms with Crippen LogP contribution in [0.2, 0.25) is 4.34 Å². The van der Waals surface area contributed by atoms with Crippen LogP contribution in [0.5, 0.6) is 0 Å². The fourth-order valence-electron chi connectivity index (χ4n) is 1.99. The third-order valence-corrected chi connectivity index (χ3v) is 4.19. The molecule has 1 aliphatic rings. The Bertz CT molecular complexity index is 380. The zero-order chi connectivity index (χ0) is 11.5. The molecule has 0 amide bonds. The van der Waals surface area contributed by atoms with Crippen LogP contribution in [0.1, 0.15) is 16.1 Å². The van der Waals surface area contributed by atoms with Crippen LogP contribution < -0.4 is 5.73 Å². The summed E-state index contributed by atoms with van der Waals surface area (Å²) in [5.41, 5.74) is 5.61. The third kappa shape index (κ3) is 2.83. The summed E-state index contributed by atoms with van der Waals surface area (Å²) in [4.78, 5) is 14.8. The highest BCUT2D eigenvalue weighted by Crippen LogP contribution is 2.23. The van der Waals surface area contributed by atoms with Gasteiger partial charge in [0.2, 0.25) is 0 Å². The van der Waals surface area contributed by atoms with Crippen molar-refractivity contribution in [1.29, 1.82) is 0 Å². The van der Waals surface area contributed by atoms with Crippen LogP contribution in [0.15, 0.2) is 12.1 Å². The number of Topliss-reactive ketones (excluding diaryl/α,β-unsaturated/α-hetero) is 1. The Morgan fingerprint density at radius 1 is 1.62 bits per heavy atom. The van der Waals surface area contributed by atoms with Gasteiger partial charge in [0.1, 0.15) is 0 Å². The standard InChI is InChI=1S/C11H15ClN2OS/c12-11-2-1-10(16-11)9(15)7-14-4-3-8(5-13)6-14/h1-2,8H,3-7,13H2. The van der Waals surface area contributed by atoms with Crippen molar-refractivity contribution < 1.29 is 4.79 Å². The van der Waals surface area contributed by atoms with Crippen LogP contribution in [-0.4, -0.2) is 36.9 Å². The number of halogens is 1. The Morgan fingerprint density at radius 2 is 2.44 bits per heavy atom. The van der Waals surface area contributed by atoms with E-state index < -0.39 is 0 Å². The summed E-state index contributed by atoms with van der Waals surface area (Å²) in [6, 6.07) is 3.57. The SMILES string of the molecule is NCC1CCN(CC(=O)c2ccc(Cl)s2)C1. The summed E-state index contributed by atoms with van der Waals surface area (Å²) in [5.74, 6) is 0.717. The zero-order valence-electron chi connectivity index (χ0n) is 8.99. The molecular weight excluding hydrogens is 244 g/mol. The lowest BCUT2D eigenvalue weighted by Crippen LogP contribution is -2.28. The lowest BCUT2D eigenvalue weighted by atomic mass is 10.1. The molecule has 0 saturated carbocycles. The lowest BCUT2D eigenvalue weighted by Gasteiger charge is -2.13. The van der Waals surface area contributed by atoms with Crippen molar-refractivity contribution in [2.75, 3.05) is 26.2 Å². The fourth-order valence-corrected chi connectivity index (χ4v) is 2.97. The van der Waals surface area contributed by atoms with Crippen LogP contribution in [0, 0.1) is 5.92 Å². The van der Waals surface area contributed by atoms with Crippen molar-refractivity contribution in [2.45, 2.75) is 6.42 Å². The molecule has 2 heterocycles. The van der Waals surface area contributed by atoms with Gasteiger partial charge in [-0.2, -0.15) is 0 Å². The summed E-state index contributed by atoms with van der Waals surface area (Å²) in [5, 5.41) is 0. The smallest absolute Gasteiger partial charge is 0.186 e. The number of hydrogen-bond donors (Lipinski definition) is 1. The Balaban J connectivity index is 1.89. The van der Waals surface area contributed by atoms with Crippen LogP contribution >= 0.6 is 22.9 Å². The minimum atomic E-state index is 0.162. The molecule has 1 fully saturated rings. The maximum atomic E-state index is 11.9. The number of nitrogens with two attached hydrogens (primary N) is 1. The van der Waals surface area contributed by atoms with Gasteiger partial charge in [-0.15, -0.1) is 11.3 Å². The van der Waals surface area contributed by atoms with Crippen LogP contribution in [0.25, 0.3) is 0 Å². The van der Waals surface area contributed by atoms with E-state index in [4.69, 9.17) is 17.3 Å². The first-order chi connectivity index (χ1) is 7.69. The van der Waals surface area contributed by atoms with Gasteiger partial charge in [0, 0.05) is 6.54 Å². The van der Waals surface area contributed by atoms with Crippen LogP contribution in [0.4, 0.5) is 0 Å². The van der Waals surface area contributed by atoms with Gasteiger partial charge >= 0.3 is 0 Å². The topological polar surface area (TPSA) is 46.3 Å². The predicted octanol–water partition coefficient (Wildman–Crippen LogP) is 1.86. The van der Waals surface area contributed by atoms with E-state index in [9.17, 15) is 4.79 Å². The van der Waals surface area contributed by atoms with E-state index in [0.717, 1.165) is 30.9 Å². The average Bonchev–Trinajstić information content (AvgIpc) is 2.87. The third-order valence-electron chi connectivity index (χ3n) is 2.92. The second-order valence-electron chi connectivity index (χ2n) is 4.15. The van der Waals surface area contributed by atoms with Crippen molar-refractivity contribution in [3.05, 3.63) is 21.3 Å². The number of ketones is 1. The molecule has 0 bridgehead atoms. The number of thiophene rings is 1. The van der Waals surface area contributed by atoms with E-state index in [2.05, 4.69) is 4.90 Å². The number of likely N-dealkylation sites (tertiary alicyclic amines) is 1. The highest BCUT2D eigenvalue weighted by atomic mass is 35.5. The summed E-state index contributed by atoms with van der Waals surface area (Å²) in [6.07, 6.45) is 1.11. The highest BCUT2D eigenvalue weighted by Gasteiger charge is 2.23. The molecule has 2 rings (SSSR count). The van der Waals surface area contributed by atoms with Gasteiger partial charge in [-0.25, -0.2) is 0 Å². The molecular formula is C11H15ClN2OS. The number of rotatable bonds is 4. The molecule has 1 saturated heterocycles. The summed E-state index contributed by atoms with van der Waals surface area (Å²) in [6.45, 7) is 3.14.